The van der Waals surface area contributed by atoms with Crippen LogP contribution in [0.15, 0.2) is 17.1 Å². The third-order valence-corrected chi connectivity index (χ3v) is 5.45. The average molecular weight is 344 g/mol. The Morgan fingerprint density at radius 1 is 1.28 bits per heavy atom. The summed E-state index contributed by atoms with van der Waals surface area (Å²) < 4.78 is 22.6. The van der Waals surface area contributed by atoms with Gasteiger partial charge < -0.3 is 19.3 Å². The van der Waals surface area contributed by atoms with Gasteiger partial charge in [0.05, 0.1) is 16.9 Å². The van der Waals surface area contributed by atoms with Crippen molar-refractivity contribution >= 4 is 22.6 Å². The van der Waals surface area contributed by atoms with Crippen LogP contribution in [0, 0.1) is 5.82 Å². The Kier molecular flexibility index (Phi) is 2.93. The predicted molar refractivity (Wildman–Crippen MR) is 89.3 cm³/mol. The van der Waals surface area contributed by atoms with Gasteiger partial charge in [-0.05, 0) is 31.7 Å². The van der Waals surface area contributed by atoms with Crippen LogP contribution in [0.1, 0.15) is 42.1 Å². The molecule has 0 spiro atoms. The third-order valence-electron chi connectivity index (χ3n) is 5.45. The first kappa shape index (κ1) is 14.7. The normalized spacial score (nSPS) is 21.8. The Labute approximate surface area is 142 Å². The second-order valence-corrected chi connectivity index (χ2v) is 7.05. The first-order valence-electron chi connectivity index (χ1n) is 8.60. The molecule has 1 aliphatic carbocycles. The van der Waals surface area contributed by atoms with Gasteiger partial charge >= 0.3 is 5.97 Å². The molecule has 0 amide bonds. The second-order valence-electron chi connectivity index (χ2n) is 7.05. The van der Waals surface area contributed by atoms with E-state index >= 15 is 0 Å². The largest absolute Gasteiger partial charge is 0.487 e. The highest BCUT2D eigenvalue weighted by molar-refractivity contribution is 5.97. The minimum Gasteiger partial charge on any atom is -0.487 e. The molecule has 7 heteroatoms. The Balaban J connectivity index is 1.88. The molecule has 0 unspecified atom stereocenters. The lowest BCUT2D eigenvalue weighted by Gasteiger charge is -2.34. The fraction of sp³-hybridized carbons (Fsp3) is 0.444. The SMILES string of the molecule is O=C(O)c1cn(C2CC2)c2c3c(c(F)cc2c1=O)N1CCC[C@H]1CO3. The lowest BCUT2D eigenvalue weighted by molar-refractivity contribution is 0.0695. The minimum atomic E-state index is -1.29. The number of aromatic carboxylic acids is 1. The van der Waals surface area contributed by atoms with E-state index in [0.717, 1.165) is 32.2 Å². The molecule has 2 aliphatic heterocycles. The molecule has 130 valence electrons. The molecule has 1 aromatic carbocycles. The third kappa shape index (κ3) is 2.01. The van der Waals surface area contributed by atoms with Crippen LogP contribution in [0.5, 0.6) is 5.75 Å². The summed E-state index contributed by atoms with van der Waals surface area (Å²) in [7, 11) is 0. The summed E-state index contributed by atoms with van der Waals surface area (Å²) in [5, 5.41) is 9.42. The second kappa shape index (κ2) is 4.97. The number of rotatable bonds is 2. The quantitative estimate of drug-likeness (QED) is 0.906. The summed E-state index contributed by atoms with van der Waals surface area (Å²) in [4.78, 5) is 26.1. The number of nitrogens with zero attached hydrogens (tertiary/aromatic N) is 2. The molecule has 2 fully saturated rings. The van der Waals surface area contributed by atoms with Crippen molar-refractivity contribution in [1.82, 2.24) is 4.57 Å². The van der Waals surface area contributed by atoms with Gasteiger partial charge in [0.2, 0.25) is 5.43 Å². The maximum Gasteiger partial charge on any atom is 0.341 e. The van der Waals surface area contributed by atoms with Crippen LogP contribution < -0.4 is 15.1 Å². The van der Waals surface area contributed by atoms with E-state index in [1.807, 2.05) is 4.90 Å². The van der Waals surface area contributed by atoms with E-state index < -0.39 is 17.2 Å². The molecule has 5 rings (SSSR count). The Morgan fingerprint density at radius 3 is 2.80 bits per heavy atom. The highest BCUT2D eigenvalue weighted by atomic mass is 19.1. The standard InChI is InChI=1S/C18H17FN2O4/c19-13-6-11-14(17-15(13)20-5-1-2-10(20)8-25-17)21(9-3-4-9)7-12(16(11)22)18(23)24/h6-7,9-10H,1-5,8H2,(H,23,24)/t10-/m0/s1. The van der Waals surface area contributed by atoms with Crippen LogP contribution in [0.2, 0.25) is 0 Å². The van der Waals surface area contributed by atoms with Gasteiger partial charge in [-0.25, -0.2) is 9.18 Å². The number of hydrogen-bond acceptors (Lipinski definition) is 4. The number of fused-ring (bicyclic) bond motifs is 5. The summed E-state index contributed by atoms with van der Waals surface area (Å²) in [5.41, 5.74) is -0.0424. The number of carboxylic acids is 1. The molecule has 2 aromatic rings. The summed E-state index contributed by atoms with van der Waals surface area (Å²) >= 11 is 0. The topological polar surface area (TPSA) is 71.8 Å². The fourth-order valence-corrected chi connectivity index (χ4v) is 4.12. The van der Waals surface area contributed by atoms with Crippen molar-refractivity contribution in [2.45, 2.75) is 37.8 Å². The van der Waals surface area contributed by atoms with E-state index in [0.29, 0.717) is 23.6 Å². The van der Waals surface area contributed by atoms with Crippen molar-refractivity contribution in [3.63, 3.8) is 0 Å². The van der Waals surface area contributed by atoms with Crippen LogP contribution in [0.3, 0.4) is 0 Å². The van der Waals surface area contributed by atoms with Gasteiger partial charge in [0, 0.05) is 18.8 Å². The van der Waals surface area contributed by atoms with Crippen molar-refractivity contribution in [2.75, 3.05) is 18.1 Å². The molecular formula is C18H17FN2O4. The van der Waals surface area contributed by atoms with E-state index in [1.54, 1.807) is 4.57 Å². The van der Waals surface area contributed by atoms with E-state index in [-0.39, 0.29) is 23.0 Å². The molecule has 3 heterocycles. The molecular weight excluding hydrogens is 327 g/mol. The number of pyridine rings is 1. The maximum absolute atomic E-state index is 14.9. The zero-order chi connectivity index (χ0) is 17.3. The van der Waals surface area contributed by atoms with Crippen molar-refractivity contribution in [3.05, 3.63) is 33.9 Å². The predicted octanol–water partition coefficient (Wildman–Crippen LogP) is 2.53. The number of carboxylic acid groups (broad SMARTS) is 1. The fourth-order valence-electron chi connectivity index (χ4n) is 4.12. The molecule has 1 saturated carbocycles. The van der Waals surface area contributed by atoms with Crippen LogP contribution in [-0.2, 0) is 0 Å². The van der Waals surface area contributed by atoms with E-state index in [2.05, 4.69) is 0 Å². The van der Waals surface area contributed by atoms with Gasteiger partial charge in [0.1, 0.15) is 17.9 Å². The number of benzene rings is 1. The van der Waals surface area contributed by atoms with Crippen molar-refractivity contribution in [3.8, 4) is 5.75 Å². The monoisotopic (exact) mass is 344 g/mol. The first-order chi connectivity index (χ1) is 12.1. The van der Waals surface area contributed by atoms with E-state index in [1.165, 1.54) is 12.3 Å². The smallest absolute Gasteiger partial charge is 0.341 e. The van der Waals surface area contributed by atoms with Gasteiger partial charge in [0.15, 0.2) is 11.6 Å². The molecule has 1 aromatic heterocycles. The number of aromatic nitrogens is 1. The number of hydrogen-bond donors (Lipinski definition) is 1. The zero-order valence-corrected chi connectivity index (χ0v) is 13.5. The Bertz CT molecular complexity index is 979. The number of anilines is 1. The lowest BCUT2D eigenvalue weighted by Crippen LogP contribution is -2.39. The Morgan fingerprint density at radius 2 is 2.08 bits per heavy atom. The van der Waals surface area contributed by atoms with Crippen molar-refractivity contribution in [2.24, 2.45) is 0 Å². The van der Waals surface area contributed by atoms with E-state index in [9.17, 15) is 19.1 Å². The minimum absolute atomic E-state index is 0.0840. The average Bonchev–Trinajstić information content (AvgIpc) is 3.31. The van der Waals surface area contributed by atoms with E-state index in [4.69, 9.17) is 4.74 Å². The van der Waals surface area contributed by atoms with Crippen LogP contribution >= 0.6 is 0 Å². The van der Waals surface area contributed by atoms with Crippen LogP contribution in [0.4, 0.5) is 10.1 Å². The summed E-state index contributed by atoms with van der Waals surface area (Å²) in [6.45, 7) is 1.23. The van der Waals surface area contributed by atoms with Gasteiger partial charge in [-0.15, -0.1) is 0 Å². The first-order valence-corrected chi connectivity index (χ1v) is 8.60. The maximum atomic E-state index is 14.9. The molecule has 1 N–H and O–H groups in total. The molecule has 1 atom stereocenters. The highest BCUT2D eigenvalue weighted by Gasteiger charge is 2.37. The number of carbonyl (C=O) groups is 1. The summed E-state index contributed by atoms with van der Waals surface area (Å²) in [6.07, 6.45) is 5.16. The number of halogens is 1. The summed E-state index contributed by atoms with van der Waals surface area (Å²) in [5.74, 6) is -1.43. The molecule has 25 heavy (non-hydrogen) atoms. The summed E-state index contributed by atoms with van der Waals surface area (Å²) in [6, 6.07) is 1.49. The molecule has 0 bridgehead atoms. The highest BCUT2D eigenvalue weighted by Crippen LogP contribution is 2.47. The molecule has 3 aliphatic rings. The van der Waals surface area contributed by atoms with Gasteiger partial charge in [-0.2, -0.15) is 0 Å². The van der Waals surface area contributed by atoms with Crippen molar-refractivity contribution < 1.29 is 19.0 Å². The van der Waals surface area contributed by atoms with Crippen LogP contribution in [-0.4, -0.2) is 34.8 Å². The van der Waals surface area contributed by atoms with Gasteiger partial charge in [0.25, 0.3) is 0 Å². The van der Waals surface area contributed by atoms with Crippen LogP contribution in [0.25, 0.3) is 10.9 Å². The Hall–Kier alpha value is -2.57. The van der Waals surface area contributed by atoms with Gasteiger partial charge in [-0.1, -0.05) is 0 Å². The zero-order valence-electron chi connectivity index (χ0n) is 13.5. The lowest BCUT2D eigenvalue weighted by atomic mass is 10.1. The van der Waals surface area contributed by atoms with Gasteiger partial charge in [-0.3, -0.25) is 4.79 Å². The molecule has 6 nitrogen and oxygen atoms in total. The number of ether oxygens (including phenoxy) is 1. The van der Waals surface area contributed by atoms with Crippen molar-refractivity contribution in [1.29, 1.82) is 0 Å². The molecule has 1 saturated heterocycles. The molecule has 0 radical (unpaired) electrons.